The van der Waals surface area contributed by atoms with E-state index in [9.17, 15) is 14.7 Å². The van der Waals surface area contributed by atoms with Crippen molar-refractivity contribution in [3.63, 3.8) is 0 Å². The van der Waals surface area contributed by atoms with Crippen LogP contribution in [0.25, 0.3) is 21.3 Å². The van der Waals surface area contributed by atoms with Crippen molar-refractivity contribution in [2.75, 3.05) is 37.3 Å². The van der Waals surface area contributed by atoms with E-state index in [-0.39, 0.29) is 23.0 Å². The average molecular weight is 587 g/mol. The molecule has 2 aliphatic rings. The minimum Gasteiger partial charge on any atom is -0.392 e. The zero-order chi connectivity index (χ0) is 29.5. The van der Waals surface area contributed by atoms with Crippen LogP contribution < -0.4 is 16.2 Å². The highest BCUT2D eigenvalue weighted by atomic mass is 32.1. The molecule has 0 radical (unpaired) electrons. The Balaban J connectivity index is 1.33. The molecule has 1 unspecified atom stereocenters. The molecule has 2 aromatic heterocycles. The summed E-state index contributed by atoms with van der Waals surface area (Å²) < 4.78 is 16.0. The van der Waals surface area contributed by atoms with Crippen molar-refractivity contribution in [3.05, 3.63) is 98.2 Å². The highest BCUT2D eigenvalue weighted by Crippen LogP contribution is 2.34. The number of hydrogen-bond acceptors (Lipinski definition) is 8. The Labute approximate surface area is 246 Å². The Kier molecular flexibility index (Phi) is 7.40. The Morgan fingerprint density at radius 1 is 1.21 bits per heavy atom. The molecular formula is C31H31FN6O3S. The van der Waals surface area contributed by atoms with Crippen molar-refractivity contribution in [3.8, 4) is 11.3 Å². The number of allylic oxidation sites excluding steroid dienone is 1. The van der Waals surface area contributed by atoms with Gasteiger partial charge in [0.25, 0.3) is 11.5 Å². The van der Waals surface area contributed by atoms with Crippen LogP contribution in [0.5, 0.6) is 0 Å². The molecule has 42 heavy (non-hydrogen) atoms. The zero-order valence-corrected chi connectivity index (χ0v) is 24.3. The molecule has 1 atom stereocenters. The maximum Gasteiger partial charge on any atom is 0.287 e. The second-order valence-electron chi connectivity index (χ2n) is 10.7. The molecular weight excluding hydrogens is 555 g/mol. The SMILES string of the molecule is CC1=C(Nc2cc(-c3ccc(F)c(NC(=O)c4cc5ccccc5s4)c3CO)n[nH]c2=O)C=C2CN(C)CCN2C1C. The number of carbonyl (C=O) groups is 1. The molecule has 0 spiro atoms. The van der Waals surface area contributed by atoms with Crippen LogP contribution in [0.3, 0.4) is 0 Å². The first-order chi connectivity index (χ1) is 20.2. The molecule has 0 aliphatic carbocycles. The van der Waals surface area contributed by atoms with E-state index in [1.165, 1.54) is 29.2 Å². The molecule has 11 heteroatoms. The van der Waals surface area contributed by atoms with Crippen LogP contribution in [0.4, 0.5) is 15.8 Å². The normalized spacial score (nSPS) is 17.3. The number of nitrogens with one attached hydrogen (secondary N) is 3. The van der Waals surface area contributed by atoms with Gasteiger partial charge in [-0.2, -0.15) is 5.10 Å². The smallest absolute Gasteiger partial charge is 0.287 e. The molecule has 1 saturated heterocycles. The fraction of sp³-hybridized carbons (Fsp3) is 0.258. The van der Waals surface area contributed by atoms with Gasteiger partial charge in [0.05, 0.1) is 22.9 Å². The number of amides is 1. The fourth-order valence-corrected chi connectivity index (χ4v) is 6.48. The van der Waals surface area contributed by atoms with E-state index < -0.39 is 23.9 Å². The lowest BCUT2D eigenvalue weighted by Gasteiger charge is -2.43. The van der Waals surface area contributed by atoms with Gasteiger partial charge in [-0.1, -0.05) is 18.2 Å². The Bertz CT molecular complexity index is 1790. The lowest BCUT2D eigenvalue weighted by atomic mass is 9.98. The van der Waals surface area contributed by atoms with Gasteiger partial charge in [-0.15, -0.1) is 11.3 Å². The van der Waals surface area contributed by atoms with Crippen LogP contribution >= 0.6 is 11.3 Å². The number of anilines is 2. The largest absolute Gasteiger partial charge is 0.392 e. The first-order valence-electron chi connectivity index (χ1n) is 13.7. The van der Waals surface area contributed by atoms with Crippen molar-refractivity contribution >= 4 is 38.7 Å². The lowest BCUT2D eigenvalue weighted by Crippen LogP contribution is -2.48. The van der Waals surface area contributed by atoms with Crippen molar-refractivity contribution in [1.29, 1.82) is 0 Å². The number of fused-ring (bicyclic) bond motifs is 2. The van der Waals surface area contributed by atoms with Crippen LogP contribution in [-0.4, -0.2) is 63.7 Å². The molecule has 6 rings (SSSR count). The Morgan fingerprint density at radius 3 is 2.81 bits per heavy atom. The monoisotopic (exact) mass is 586 g/mol. The number of halogens is 1. The second-order valence-corrected chi connectivity index (χ2v) is 11.8. The van der Waals surface area contributed by atoms with E-state index in [0.29, 0.717) is 16.1 Å². The summed E-state index contributed by atoms with van der Waals surface area (Å²) in [6.07, 6.45) is 2.07. The fourth-order valence-electron chi connectivity index (χ4n) is 5.52. The van der Waals surface area contributed by atoms with E-state index in [1.807, 2.05) is 31.2 Å². The van der Waals surface area contributed by atoms with E-state index in [4.69, 9.17) is 0 Å². The zero-order valence-electron chi connectivity index (χ0n) is 23.5. The van der Waals surface area contributed by atoms with Crippen LogP contribution in [-0.2, 0) is 6.61 Å². The number of likely N-dealkylation sites (N-methyl/N-ethyl adjacent to an activating group) is 1. The topological polar surface area (TPSA) is 114 Å². The van der Waals surface area contributed by atoms with Crippen molar-refractivity contribution in [1.82, 2.24) is 20.0 Å². The van der Waals surface area contributed by atoms with Crippen LogP contribution in [0.2, 0.25) is 0 Å². The summed E-state index contributed by atoms with van der Waals surface area (Å²) in [6, 6.07) is 13.8. The number of hydrogen-bond donors (Lipinski definition) is 4. The summed E-state index contributed by atoms with van der Waals surface area (Å²) in [5.74, 6) is -1.17. The Morgan fingerprint density at radius 2 is 2.02 bits per heavy atom. The summed E-state index contributed by atoms with van der Waals surface area (Å²) >= 11 is 1.30. The standard InChI is InChI=1S/C31H31FN6O3S/c1-17-18(2)38-11-10-37(3)15-20(38)13-24(17)33-26-14-25(35-36-30(26)40)21-8-9-23(32)29(22(21)16-39)34-31(41)28-12-19-6-4-5-7-27(19)42-28/h4-9,12-14,18,39H,10-11,15-16H2,1-3H3,(H,33,35)(H,34,41)(H,36,40). The highest BCUT2D eigenvalue weighted by molar-refractivity contribution is 7.20. The lowest BCUT2D eigenvalue weighted by molar-refractivity contribution is 0.103. The number of rotatable bonds is 6. The number of thiophene rings is 1. The number of aliphatic hydroxyl groups is 1. The second kappa shape index (κ2) is 11.2. The molecule has 1 amide bonds. The van der Waals surface area contributed by atoms with Crippen molar-refractivity contribution < 1.29 is 14.3 Å². The minimum absolute atomic E-state index is 0.133. The number of nitrogens with zero attached hydrogens (tertiary/aromatic N) is 3. The van der Waals surface area contributed by atoms with E-state index >= 15 is 4.39 Å². The van der Waals surface area contributed by atoms with Gasteiger partial charge in [-0.05, 0) is 68.3 Å². The number of benzene rings is 2. The van der Waals surface area contributed by atoms with E-state index in [2.05, 4.69) is 50.7 Å². The molecule has 2 aromatic carbocycles. The maximum atomic E-state index is 15.1. The summed E-state index contributed by atoms with van der Waals surface area (Å²) in [4.78, 5) is 31.0. The maximum absolute atomic E-state index is 15.1. The molecule has 0 bridgehead atoms. The van der Waals surface area contributed by atoms with Crippen LogP contribution in [0, 0.1) is 5.82 Å². The predicted molar refractivity (Wildman–Crippen MR) is 164 cm³/mol. The summed E-state index contributed by atoms with van der Waals surface area (Å²) in [5.41, 5.74) is 3.67. The van der Waals surface area contributed by atoms with Gasteiger partial charge in [0, 0.05) is 52.9 Å². The number of aromatic nitrogens is 2. The minimum atomic E-state index is -0.689. The quantitative estimate of drug-likeness (QED) is 0.258. The number of aromatic amines is 1. The van der Waals surface area contributed by atoms with Gasteiger partial charge in [0.15, 0.2) is 0 Å². The molecule has 4 aromatic rings. The molecule has 4 heterocycles. The molecule has 9 nitrogen and oxygen atoms in total. The number of H-pyrrole nitrogens is 1. The third-order valence-electron chi connectivity index (χ3n) is 8.01. The molecule has 1 fully saturated rings. The van der Waals surface area contributed by atoms with Gasteiger partial charge in [-0.3, -0.25) is 14.5 Å². The molecule has 216 valence electrons. The van der Waals surface area contributed by atoms with Gasteiger partial charge < -0.3 is 20.6 Å². The van der Waals surface area contributed by atoms with Gasteiger partial charge >= 0.3 is 0 Å². The highest BCUT2D eigenvalue weighted by Gasteiger charge is 2.29. The summed E-state index contributed by atoms with van der Waals surface area (Å²) in [6.45, 7) is 6.37. The van der Waals surface area contributed by atoms with Crippen molar-refractivity contribution in [2.45, 2.75) is 26.5 Å². The summed E-state index contributed by atoms with van der Waals surface area (Å²) in [7, 11) is 2.08. The van der Waals surface area contributed by atoms with Crippen molar-refractivity contribution in [2.24, 2.45) is 0 Å². The van der Waals surface area contributed by atoms with Crippen LogP contribution in [0.15, 0.2) is 76.4 Å². The Hall–Kier alpha value is -4.32. The number of aliphatic hydroxyl groups excluding tert-OH is 1. The first kappa shape index (κ1) is 27.8. The van der Waals surface area contributed by atoms with Gasteiger partial charge in [-0.25, -0.2) is 9.49 Å². The molecule has 0 saturated carbocycles. The predicted octanol–water partition coefficient (Wildman–Crippen LogP) is 4.75. The third kappa shape index (κ3) is 5.11. The number of carbonyl (C=O) groups excluding carboxylic acids is 1. The van der Waals surface area contributed by atoms with E-state index in [1.54, 1.807) is 12.1 Å². The van der Waals surface area contributed by atoms with E-state index in [0.717, 1.165) is 41.0 Å². The number of piperazine rings is 1. The molecule has 4 N–H and O–H groups in total. The van der Waals surface area contributed by atoms with Gasteiger partial charge in [0.2, 0.25) is 0 Å². The third-order valence-corrected chi connectivity index (χ3v) is 9.13. The molecule has 2 aliphatic heterocycles. The average Bonchev–Trinajstić information content (AvgIpc) is 3.42. The summed E-state index contributed by atoms with van der Waals surface area (Å²) in [5, 5.41) is 23.9. The first-order valence-corrected chi connectivity index (χ1v) is 14.5. The van der Waals surface area contributed by atoms with Gasteiger partial charge in [0.1, 0.15) is 11.5 Å². The van der Waals surface area contributed by atoms with Crippen LogP contribution in [0.1, 0.15) is 29.1 Å².